The predicted octanol–water partition coefficient (Wildman–Crippen LogP) is 11.5. The minimum Gasteiger partial charge on any atom is -0.396 e. The molecule has 4 aliphatic carbocycles. The highest BCUT2D eigenvalue weighted by Crippen LogP contribution is 2.30. The molecule has 242 valence electrons. The van der Waals surface area contributed by atoms with Crippen molar-refractivity contribution in [2.45, 2.75) is 189 Å². The van der Waals surface area contributed by atoms with Crippen LogP contribution in [0, 0.1) is 23.7 Å². The molecule has 3 nitrogen and oxygen atoms in total. The standard InChI is InChI=1S/C10H20O.C8H16.C7H13I.C7H14O.C3H6O.CH4/c1-10(2,11)8-9-6-4-3-5-7-9;1-2-8-6-4-3-5-7-8;2*8-6-7-4-2-1-3-5-7;1-3(2)4;/h9,11H,3-8H2,1-2H3;8H,2-7H2,1H3;7H,1-6H2;7-8H,1-6H2;1-2H3;1H4. The Morgan fingerprint density at radius 3 is 1.15 bits per heavy atom. The van der Waals surface area contributed by atoms with Gasteiger partial charge in [0.2, 0.25) is 0 Å². The molecular weight excluding hydrogens is 607 g/mol. The lowest BCUT2D eigenvalue weighted by Crippen LogP contribution is -2.24. The van der Waals surface area contributed by atoms with Gasteiger partial charge >= 0.3 is 0 Å². The van der Waals surface area contributed by atoms with Crippen LogP contribution in [-0.4, -0.2) is 32.6 Å². The highest BCUT2D eigenvalue weighted by Gasteiger charge is 2.21. The van der Waals surface area contributed by atoms with E-state index < -0.39 is 5.60 Å². The van der Waals surface area contributed by atoms with E-state index in [1.54, 1.807) is 0 Å². The van der Waals surface area contributed by atoms with Gasteiger partial charge in [-0.1, -0.05) is 146 Å². The number of ketones is 1. The average Bonchev–Trinajstić information content (AvgIpc) is 2.95. The van der Waals surface area contributed by atoms with Crippen LogP contribution < -0.4 is 0 Å². The number of aliphatic hydroxyl groups is 2. The van der Waals surface area contributed by atoms with E-state index >= 15 is 0 Å². The molecule has 4 rings (SSSR count). The van der Waals surface area contributed by atoms with Crippen molar-refractivity contribution in [2.24, 2.45) is 23.7 Å². The van der Waals surface area contributed by atoms with Crippen molar-refractivity contribution in [1.29, 1.82) is 0 Å². The van der Waals surface area contributed by atoms with Crippen LogP contribution in [-0.2, 0) is 4.79 Å². The fourth-order valence-corrected chi connectivity index (χ4v) is 7.29. The summed E-state index contributed by atoms with van der Waals surface area (Å²) in [7, 11) is 0. The number of carbonyl (C=O) groups is 1. The van der Waals surface area contributed by atoms with Crippen LogP contribution in [0.3, 0.4) is 0 Å². The van der Waals surface area contributed by atoms with Crippen molar-refractivity contribution in [3.05, 3.63) is 0 Å². The van der Waals surface area contributed by atoms with Gasteiger partial charge in [-0.2, -0.15) is 0 Å². The molecule has 0 unspecified atom stereocenters. The first-order valence-corrected chi connectivity index (χ1v) is 18.5. The number of aliphatic hydroxyl groups excluding tert-OH is 1. The predicted molar refractivity (Wildman–Crippen MR) is 187 cm³/mol. The van der Waals surface area contributed by atoms with Crippen LogP contribution in [0.4, 0.5) is 0 Å². The van der Waals surface area contributed by atoms with Gasteiger partial charge in [0.1, 0.15) is 5.78 Å². The zero-order chi connectivity index (χ0) is 29.4. The Balaban J connectivity index is 0. The quantitative estimate of drug-likeness (QED) is 0.224. The molecule has 0 aromatic heterocycles. The van der Waals surface area contributed by atoms with Gasteiger partial charge in [0.05, 0.1) is 5.60 Å². The van der Waals surface area contributed by atoms with Gasteiger partial charge in [-0.05, 0) is 83.5 Å². The molecule has 40 heavy (non-hydrogen) atoms. The Morgan fingerprint density at radius 2 is 0.950 bits per heavy atom. The molecule has 4 fully saturated rings. The van der Waals surface area contributed by atoms with Crippen LogP contribution in [0.15, 0.2) is 0 Å². The average molecular weight is 681 g/mol. The molecule has 0 aliphatic heterocycles. The van der Waals surface area contributed by atoms with E-state index in [0.29, 0.717) is 12.5 Å². The molecule has 4 saturated carbocycles. The van der Waals surface area contributed by atoms with E-state index in [4.69, 9.17) is 5.11 Å². The Hall–Kier alpha value is 0.320. The number of rotatable bonds is 5. The molecule has 0 aromatic rings. The molecule has 2 N–H and O–H groups in total. The number of Topliss-reactive ketones (excluding diaryl/α,β-unsaturated/α-hetero) is 1. The summed E-state index contributed by atoms with van der Waals surface area (Å²) in [5.41, 5.74) is -0.442. The van der Waals surface area contributed by atoms with Crippen LogP contribution in [0.25, 0.3) is 0 Å². The lowest BCUT2D eigenvalue weighted by molar-refractivity contribution is -0.115. The van der Waals surface area contributed by atoms with Crippen molar-refractivity contribution >= 4 is 28.4 Å². The maximum absolute atomic E-state index is 9.57. The highest BCUT2D eigenvalue weighted by atomic mass is 127. The third-order valence-electron chi connectivity index (χ3n) is 8.74. The second-order valence-electron chi connectivity index (χ2n) is 13.7. The number of hydrogen-bond acceptors (Lipinski definition) is 3. The molecule has 0 heterocycles. The third kappa shape index (κ3) is 28.4. The van der Waals surface area contributed by atoms with Crippen LogP contribution in [0.2, 0.25) is 0 Å². The molecule has 0 atom stereocenters. The zero-order valence-electron chi connectivity index (χ0n) is 27.0. The van der Waals surface area contributed by atoms with Gasteiger partial charge in [-0.3, -0.25) is 0 Å². The molecule has 4 heteroatoms. The van der Waals surface area contributed by atoms with Crippen molar-refractivity contribution in [1.82, 2.24) is 0 Å². The van der Waals surface area contributed by atoms with Crippen molar-refractivity contribution in [3.63, 3.8) is 0 Å². The second kappa shape index (κ2) is 28.1. The van der Waals surface area contributed by atoms with Gasteiger partial charge in [-0.25, -0.2) is 0 Å². The van der Waals surface area contributed by atoms with E-state index in [1.807, 2.05) is 13.8 Å². The number of alkyl halides is 1. The van der Waals surface area contributed by atoms with Gasteiger partial charge in [0.25, 0.3) is 0 Å². The summed E-state index contributed by atoms with van der Waals surface area (Å²) in [6.07, 6.45) is 30.8. The summed E-state index contributed by atoms with van der Waals surface area (Å²) >= 11 is 2.51. The Labute approximate surface area is 266 Å². The minimum atomic E-state index is -0.442. The third-order valence-corrected chi connectivity index (χ3v) is 9.99. The molecule has 0 amide bonds. The smallest absolute Gasteiger partial charge is 0.126 e. The summed E-state index contributed by atoms with van der Waals surface area (Å²) in [4.78, 5) is 9.44. The normalized spacial score (nSPS) is 20.9. The first kappa shape index (κ1) is 42.5. The lowest BCUT2D eigenvalue weighted by Gasteiger charge is -2.27. The number of carbonyl (C=O) groups excluding carboxylic acids is 1. The van der Waals surface area contributed by atoms with E-state index in [9.17, 15) is 9.90 Å². The molecule has 0 saturated heterocycles. The van der Waals surface area contributed by atoms with Gasteiger partial charge in [0.15, 0.2) is 0 Å². The van der Waals surface area contributed by atoms with Crippen molar-refractivity contribution < 1.29 is 15.0 Å². The van der Waals surface area contributed by atoms with Gasteiger partial charge < -0.3 is 15.0 Å². The SMILES string of the molecule is C.CC(C)(O)CC1CCCCC1.CC(C)=O.CCC1CCCCC1.ICC1CCCCC1.OCC1CCCCC1. The van der Waals surface area contributed by atoms with Crippen LogP contribution >= 0.6 is 22.6 Å². The van der Waals surface area contributed by atoms with Crippen molar-refractivity contribution in [2.75, 3.05) is 11.0 Å². The van der Waals surface area contributed by atoms with Crippen LogP contribution in [0.1, 0.15) is 183 Å². The first-order valence-electron chi connectivity index (χ1n) is 17.0. The fourth-order valence-electron chi connectivity index (χ4n) is 6.40. The summed E-state index contributed by atoms with van der Waals surface area (Å²) in [5, 5.41) is 18.3. The van der Waals surface area contributed by atoms with Crippen molar-refractivity contribution in [3.8, 4) is 0 Å². The summed E-state index contributed by atoms with van der Waals surface area (Å²) in [5.74, 6) is 3.76. The Morgan fingerprint density at radius 1 is 0.650 bits per heavy atom. The van der Waals surface area contributed by atoms with Crippen LogP contribution in [0.5, 0.6) is 0 Å². The maximum atomic E-state index is 9.57. The molecule has 0 bridgehead atoms. The minimum absolute atomic E-state index is 0. The fraction of sp³-hybridized carbons (Fsp3) is 0.972. The van der Waals surface area contributed by atoms with E-state index in [-0.39, 0.29) is 13.2 Å². The Bertz CT molecular complexity index is 474. The van der Waals surface area contributed by atoms with E-state index in [2.05, 4.69) is 29.5 Å². The monoisotopic (exact) mass is 680 g/mol. The molecule has 0 spiro atoms. The molecule has 0 radical (unpaired) electrons. The maximum Gasteiger partial charge on any atom is 0.126 e. The summed E-state index contributed by atoms with van der Waals surface area (Å²) in [6.45, 7) is 9.62. The van der Waals surface area contributed by atoms with Gasteiger partial charge in [0, 0.05) is 11.0 Å². The second-order valence-corrected chi connectivity index (χ2v) is 14.6. The summed E-state index contributed by atoms with van der Waals surface area (Å²) < 4.78 is 1.39. The largest absolute Gasteiger partial charge is 0.396 e. The molecular formula is C36H73IO3. The van der Waals surface area contributed by atoms with E-state index in [0.717, 1.165) is 24.2 Å². The van der Waals surface area contributed by atoms with Gasteiger partial charge in [-0.15, -0.1) is 0 Å². The topological polar surface area (TPSA) is 57.5 Å². The molecule has 4 aliphatic rings. The number of hydrogen-bond donors (Lipinski definition) is 2. The molecule has 0 aromatic carbocycles. The Kier molecular flexibility index (Phi) is 29.8. The van der Waals surface area contributed by atoms with E-state index in [1.165, 1.54) is 153 Å². The number of halogens is 1. The summed E-state index contributed by atoms with van der Waals surface area (Å²) in [6, 6.07) is 0. The zero-order valence-corrected chi connectivity index (χ0v) is 29.1. The lowest BCUT2D eigenvalue weighted by atomic mass is 9.82. The first-order chi connectivity index (χ1) is 18.6. The highest BCUT2D eigenvalue weighted by molar-refractivity contribution is 14.1.